The van der Waals surface area contributed by atoms with E-state index in [1.165, 1.54) is 0 Å². The highest BCUT2D eigenvalue weighted by atomic mass is 79.9. The van der Waals surface area contributed by atoms with Crippen LogP contribution in [0.25, 0.3) is 11.3 Å². The first-order chi connectivity index (χ1) is 9.54. The standard InChI is InChI=1S/C13H10BrCl2NO3/c1-7-8(6-19-11(18)5-14)13(17-20-7)12-9(15)3-2-4-10(12)16/h2-4H,5-6H2,1H3. The van der Waals surface area contributed by atoms with Crippen molar-refractivity contribution in [2.45, 2.75) is 13.5 Å². The summed E-state index contributed by atoms with van der Waals surface area (Å²) in [6.07, 6.45) is 0. The molecule has 106 valence electrons. The quantitative estimate of drug-likeness (QED) is 0.584. The summed E-state index contributed by atoms with van der Waals surface area (Å²) in [5.74, 6) is 0.181. The molecule has 2 rings (SSSR count). The van der Waals surface area contributed by atoms with Crippen LogP contribution in [0.1, 0.15) is 11.3 Å². The van der Waals surface area contributed by atoms with Crippen LogP contribution in [0.15, 0.2) is 22.7 Å². The summed E-state index contributed by atoms with van der Waals surface area (Å²) in [4.78, 5) is 11.2. The summed E-state index contributed by atoms with van der Waals surface area (Å²) in [5.41, 5.74) is 1.70. The van der Waals surface area contributed by atoms with Crippen molar-refractivity contribution in [3.05, 3.63) is 39.6 Å². The zero-order valence-corrected chi connectivity index (χ0v) is 13.5. The number of nitrogens with zero attached hydrogens (tertiary/aromatic N) is 1. The molecule has 0 aliphatic carbocycles. The first-order valence-corrected chi connectivity index (χ1v) is 7.53. The molecule has 2 aromatic rings. The number of carbonyl (C=O) groups is 1. The molecule has 0 saturated carbocycles. The lowest BCUT2D eigenvalue weighted by molar-refractivity contribution is -0.141. The van der Waals surface area contributed by atoms with Crippen LogP contribution in [-0.2, 0) is 16.1 Å². The molecule has 1 heterocycles. The molecular formula is C13H10BrCl2NO3. The van der Waals surface area contributed by atoms with E-state index in [2.05, 4.69) is 21.1 Å². The summed E-state index contributed by atoms with van der Waals surface area (Å²) < 4.78 is 10.2. The lowest BCUT2D eigenvalue weighted by atomic mass is 10.1. The van der Waals surface area contributed by atoms with Crippen LogP contribution in [0.4, 0.5) is 0 Å². The summed E-state index contributed by atoms with van der Waals surface area (Å²) >= 11 is 15.3. The van der Waals surface area contributed by atoms with Crippen LogP contribution in [0.2, 0.25) is 10.0 Å². The van der Waals surface area contributed by atoms with Crippen molar-refractivity contribution >= 4 is 45.1 Å². The van der Waals surface area contributed by atoms with Gasteiger partial charge in [0, 0.05) is 5.56 Å². The molecule has 1 aromatic carbocycles. The molecule has 7 heteroatoms. The van der Waals surface area contributed by atoms with Gasteiger partial charge in [0.05, 0.1) is 15.6 Å². The first kappa shape index (κ1) is 15.4. The predicted molar refractivity (Wildman–Crippen MR) is 80.3 cm³/mol. The maximum absolute atomic E-state index is 11.2. The number of hydrogen-bond donors (Lipinski definition) is 0. The molecule has 0 aliphatic heterocycles. The molecule has 1 aromatic heterocycles. The van der Waals surface area contributed by atoms with Gasteiger partial charge in [-0.3, -0.25) is 4.79 Å². The topological polar surface area (TPSA) is 52.3 Å². The SMILES string of the molecule is Cc1onc(-c2c(Cl)cccc2Cl)c1COC(=O)CBr. The zero-order valence-electron chi connectivity index (χ0n) is 10.5. The van der Waals surface area contributed by atoms with Gasteiger partial charge in [-0.1, -0.05) is 50.4 Å². The average molecular weight is 379 g/mol. The van der Waals surface area contributed by atoms with E-state index in [-0.39, 0.29) is 17.9 Å². The van der Waals surface area contributed by atoms with Gasteiger partial charge in [-0.25, -0.2) is 0 Å². The summed E-state index contributed by atoms with van der Waals surface area (Å²) in [6.45, 7) is 1.79. The van der Waals surface area contributed by atoms with Gasteiger partial charge in [0.15, 0.2) is 0 Å². The summed E-state index contributed by atoms with van der Waals surface area (Å²) in [6, 6.07) is 5.16. The van der Waals surface area contributed by atoms with Crippen LogP contribution in [0, 0.1) is 6.92 Å². The predicted octanol–water partition coefficient (Wildman–Crippen LogP) is 4.39. The zero-order chi connectivity index (χ0) is 14.7. The van der Waals surface area contributed by atoms with Gasteiger partial charge < -0.3 is 9.26 Å². The molecule has 0 aliphatic rings. The van der Waals surface area contributed by atoms with Crippen molar-refractivity contribution in [2.75, 3.05) is 5.33 Å². The molecule has 0 fully saturated rings. The second-order valence-corrected chi connectivity index (χ2v) is 5.33. The van der Waals surface area contributed by atoms with Gasteiger partial charge >= 0.3 is 5.97 Å². The van der Waals surface area contributed by atoms with E-state index in [9.17, 15) is 4.79 Å². The highest BCUT2D eigenvalue weighted by molar-refractivity contribution is 9.09. The van der Waals surface area contributed by atoms with Gasteiger partial charge in [-0.2, -0.15) is 0 Å². The molecule has 0 amide bonds. The third kappa shape index (κ3) is 3.16. The number of aryl methyl sites for hydroxylation is 1. The van der Waals surface area contributed by atoms with Crippen LogP contribution < -0.4 is 0 Å². The monoisotopic (exact) mass is 377 g/mol. The van der Waals surface area contributed by atoms with Crippen molar-refractivity contribution in [3.63, 3.8) is 0 Å². The molecule has 0 N–H and O–H groups in total. The molecule has 0 bridgehead atoms. The number of halogens is 3. The minimum absolute atomic E-state index is 0.0522. The Balaban J connectivity index is 2.41. The molecule has 4 nitrogen and oxygen atoms in total. The number of aromatic nitrogens is 1. The Labute approximate surface area is 134 Å². The summed E-state index contributed by atoms with van der Waals surface area (Å²) in [5, 5.41) is 5.00. The normalized spacial score (nSPS) is 10.6. The first-order valence-electron chi connectivity index (χ1n) is 5.65. The van der Waals surface area contributed by atoms with Gasteiger partial charge in [0.2, 0.25) is 0 Å². The van der Waals surface area contributed by atoms with E-state index < -0.39 is 0 Å². The van der Waals surface area contributed by atoms with E-state index >= 15 is 0 Å². The fraction of sp³-hybridized carbons (Fsp3) is 0.231. The Kier molecular flexibility index (Phi) is 5.07. The van der Waals surface area contributed by atoms with Crippen LogP contribution in [0.3, 0.4) is 0 Å². The average Bonchev–Trinajstić information content (AvgIpc) is 2.77. The minimum atomic E-state index is -0.373. The van der Waals surface area contributed by atoms with E-state index in [4.69, 9.17) is 32.5 Å². The molecule has 0 atom stereocenters. The molecule has 0 saturated heterocycles. The van der Waals surface area contributed by atoms with Gasteiger partial charge in [0.25, 0.3) is 0 Å². The fourth-order valence-electron chi connectivity index (χ4n) is 1.67. The second-order valence-electron chi connectivity index (χ2n) is 3.96. The van der Waals surface area contributed by atoms with Crippen molar-refractivity contribution in [1.82, 2.24) is 5.16 Å². The highest BCUT2D eigenvalue weighted by Gasteiger charge is 2.20. The number of hydrogen-bond acceptors (Lipinski definition) is 4. The van der Waals surface area contributed by atoms with Crippen LogP contribution >= 0.6 is 39.1 Å². The number of esters is 1. The maximum atomic E-state index is 11.2. The molecule has 0 radical (unpaired) electrons. The van der Waals surface area contributed by atoms with Crippen molar-refractivity contribution < 1.29 is 14.1 Å². The fourth-order valence-corrected chi connectivity index (χ4v) is 2.41. The van der Waals surface area contributed by atoms with Gasteiger partial charge in [0.1, 0.15) is 23.4 Å². The molecule has 20 heavy (non-hydrogen) atoms. The van der Waals surface area contributed by atoms with E-state index in [1.54, 1.807) is 25.1 Å². The molecular weight excluding hydrogens is 369 g/mol. The lowest BCUT2D eigenvalue weighted by Crippen LogP contribution is -2.06. The van der Waals surface area contributed by atoms with E-state index in [1.807, 2.05) is 0 Å². The van der Waals surface area contributed by atoms with E-state index in [0.717, 1.165) is 0 Å². The molecule has 0 spiro atoms. The Morgan fingerprint density at radius 1 is 1.40 bits per heavy atom. The third-order valence-corrected chi connectivity index (χ3v) is 3.76. The Hall–Kier alpha value is -1.04. The van der Waals surface area contributed by atoms with E-state index in [0.29, 0.717) is 32.6 Å². The Morgan fingerprint density at radius 3 is 2.65 bits per heavy atom. The van der Waals surface area contributed by atoms with Crippen molar-refractivity contribution in [3.8, 4) is 11.3 Å². The molecule has 0 unspecified atom stereocenters. The number of alkyl halides is 1. The highest BCUT2D eigenvalue weighted by Crippen LogP contribution is 2.36. The minimum Gasteiger partial charge on any atom is -0.460 e. The number of benzene rings is 1. The lowest BCUT2D eigenvalue weighted by Gasteiger charge is -2.07. The number of ether oxygens (including phenoxy) is 1. The Bertz CT molecular complexity index is 622. The van der Waals surface area contributed by atoms with Crippen molar-refractivity contribution in [1.29, 1.82) is 0 Å². The maximum Gasteiger partial charge on any atom is 0.316 e. The second kappa shape index (κ2) is 6.61. The summed E-state index contributed by atoms with van der Waals surface area (Å²) in [7, 11) is 0. The van der Waals surface area contributed by atoms with Crippen LogP contribution in [-0.4, -0.2) is 16.5 Å². The van der Waals surface area contributed by atoms with Gasteiger partial charge in [-0.05, 0) is 19.1 Å². The largest absolute Gasteiger partial charge is 0.460 e. The van der Waals surface area contributed by atoms with Gasteiger partial charge in [-0.15, -0.1) is 0 Å². The third-order valence-electron chi connectivity index (χ3n) is 2.67. The Morgan fingerprint density at radius 2 is 2.05 bits per heavy atom. The number of rotatable bonds is 4. The van der Waals surface area contributed by atoms with Crippen molar-refractivity contribution in [2.24, 2.45) is 0 Å². The van der Waals surface area contributed by atoms with Crippen LogP contribution in [0.5, 0.6) is 0 Å². The number of carbonyl (C=O) groups excluding carboxylic acids is 1. The smallest absolute Gasteiger partial charge is 0.316 e.